The van der Waals surface area contributed by atoms with E-state index in [2.05, 4.69) is 60.1 Å². The number of rotatable bonds is 4. The number of hydrogen-bond acceptors (Lipinski definition) is 7. The third-order valence-corrected chi connectivity index (χ3v) is 6.04. The molecule has 1 saturated heterocycles. The summed E-state index contributed by atoms with van der Waals surface area (Å²) in [4.78, 5) is 6.61. The number of aromatic nitrogens is 3. The summed E-state index contributed by atoms with van der Waals surface area (Å²) < 4.78 is 5.37. The number of phenolic OH excluding ortho intramolecular Hbond substituents is 1. The van der Waals surface area contributed by atoms with Crippen molar-refractivity contribution in [2.75, 3.05) is 19.1 Å². The van der Waals surface area contributed by atoms with Gasteiger partial charge < -0.3 is 20.1 Å². The van der Waals surface area contributed by atoms with Crippen molar-refractivity contribution in [3.63, 3.8) is 0 Å². The van der Waals surface area contributed by atoms with Crippen molar-refractivity contribution in [3.05, 3.63) is 36.5 Å². The maximum Gasteiger partial charge on any atom is 0.151 e. The fraction of sp³-hybridized carbons (Fsp3) is 0.458. The number of pyridine rings is 1. The van der Waals surface area contributed by atoms with E-state index in [0.717, 1.165) is 29.6 Å². The molecule has 1 aliphatic rings. The van der Waals surface area contributed by atoms with Gasteiger partial charge in [-0.2, -0.15) is 0 Å². The molecule has 7 heteroatoms. The Morgan fingerprint density at radius 1 is 1.06 bits per heavy atom. The molecule has 0 amide bonds. The van der Waals surface area contributed by atoms with Crippen molar-refractivity contribution in [2.24, 2.45) is 0 Å². The van der Waals surface area contributed by atoms with Gasteiger partial charge in [0.2, 0.25) is 0 Å². The van der Waals surface area contributed by atoms with E-state index in [-0.39, 0.29) is 16.8 Å². The van der Waals surface area contributed by atoms with Crippen LogP contribution in [0.2, 0.25) is 0 Å². The molecule has 1 aromatic carbocycles. The molecule has 0 radical (unpaired) electrons. The van der Waals surface area contributed by atoms with Gasteiger partial charge in [-0.25, -0.2) is 0 Å². The Morgan fingerprint density at radius 3 is 2.39 bits per heavy atom. The third kappa shape index (κ3) is 4.28. The van der Waals surface area contributed by atoms with Crippen molar-refractivity contribution in [1.29, 1.82) is 0 Å². The minimum absolute atomic E-state index is 0.0546. The van der Waals surface area contributed by atoms with Gasteiger partial charge in [-0.3, -0.25) is 4.98 Å². The lowest BCUT2D eigenvalue weighted by Gasteiger charge is -2.49. The van der Waals surface area contributed by atoms with Crippen LogP contribution in [0.15, 0.2) is 36.5 Å². The second kappa shape index (κ2) is 7.64. The molecule has 0 atom stereocenters. The molecule has 164 valence electrons. The van der Waals surface area contributed by atoms with Crippen LogP contribution in [0.25, 0.3) is 22.2 Å². The van der Waals surface area contributed by atoms with Crippen LogP contribution in [0.4, 0.5) is 5.82 Å². The van der Waals surface area contributed by atoms with Crippen LogP contribution < -0.4 is 15.0 Å². The number of fused-ring (bicyclic) bond motifs is 1. The van der Waals surface area contributed by atoms with E-state index < -0.39 is 0 Å². The Hall–Kier alpha value is -2.93. The molecule has 0 bridgehead atoms. The van der Waals surface area contributed by atoms with Crippen molar-refractivity contribution in [2.45, 2.75) is 57.7 Å². The zero-order chi connectivity index (χ0) is 22.4. The molecule has 1 aliphatic heterocycles. The molecule has 7 nitrogen and oxygen atoms in total. The summed E-state index contributed by atoms with van der Waals surface area (Å²) in [5.41, 5.74) is 2.04. The standard InChI is InChI=1S/C24H31N5O2/c1-23(2)13-15(14-24(3,4)28-23)29(5)22-8-7-18(26-27-22)16-11-19-17(12-20(16)30)21(31-6)9-10-25-19/h7-12,15,28,30H,13-14H2,1-6H3. The van der Waals surface area contributed by atoms with Crippen LogP contribution in [0.1, 0.15) is 40.5 Å². The van der Waals surface area contributed by atoms with Crippen LogP contribution in [-0.2, 0) is 0 Å². The molecular formula is C24H31N5O2. The maximum atomic E-state index is 10.6. The lowest BCUT2D eigenvalue weighted by molar-refractivity contribution is 0.160. The molecule has 4 rings (SSSR count). The molecule has 2 N–H and O–H groups in total. The fourth-order valence-electron chi connectivity index (χ4n) is 4.93. The number of methoxy groups -OCH3 is 1. The quantitative estimate of drug-likeness (QED) is 0.655. The van der Waals surface area contributed by atoms with Gasteiger partial charge in [-0.15, -0.1) is 10.2 Å². The summed E-state index contributed by atoms with van der Waals surface area (Å²) in [6.07, 6.45) is 3.73. The van der Waals surface area contributed by atoms with Gasteiger partial charge in [-0.05, 0) is 70.9 Å². The minimum Gasteiger partial charge on any atom is -0.507 e. The minimum atomic E-state index is 0.0546. The van der Waals surface area contributed by atoms with Crippen LogP contribution in [0.3, 0.4) is 0 Å². The Labute approximate surface area is 183 Å². The number of phenols is 1. The monoisotopic (exact) mass is 421 g/mol. The van der Waals surface area contributed by atoms with E-state index in [1.54, 1.807) is 25.4 Å². The molecular weight excluding hydrogens is 390 g/mol. The Kier molecular flexibility index (Phi) is 5.25. The van der Waals surface area contributed by atoms with Gasteiger partial charge >= 0.3 is 0 Å². The van der Waals surface area contributed by atoms with Crippen molar-refractivity contribution in [3.8, 4) is 22.8 Å². The van der Waals surface area contributed by atoms with Crippen molar-refractivity contribution >= 4 is 16.7 Å². The fourth-order valence-corrected chi connectivity index (χ4v) is 4.93. The molecule has 3 aromatic rings. The number of nitrogens with zero attached hydrogens (tertiary/aromatic N) is 4. The van der Waals surface area contributed by atoms with Crippen molar-refractivity contribution in [1.82, 2.24) is 20.5 Å². The lowest BCUT2D eigenvalue weighted by atomic mass is 9.79. The number of anilines is 1. The first-order chi connectivity index (χ1) is 14.6. The first-order valence-electron chi connectivity index (χ1n) is 10.6. The summed E-state index contributed by atoms with van der Waals surface area (Å²) in [6.45, 7) is 8.98. The van der Waals surface area contributed by atoms with E-state index in [4.69, 9.17) is 4.74 Å². The highest BCUT2D eigenvalue weighted by molar-refractivity contribution is 5.91. The molecule has 0 aliphatic carbocycles. The smallest absolute Gasteiger partial charge is 0.151 e. The van der Waals surface area contributed by atoms with Gasteiger partial charge in [0, 0.05) is 41.3 Å². The molecule has 1 fully saturated rings. The van der Waals surface area contributed by atoms with Gasteiger partial charge in [0.15, 0.2) is 5.82 Å². The third-order valence-electron chi connectivity index (χ3n) is 6.04. The second-order valence-corrected chi connectivity index (χ2v) is 9.74. The van der Waals surface area contributed by atoms with Crippen LogP contribution in [0.5, 0.6) is 11.5 Å². The molecule has 2 aromatic heterocycles. The number of ether oxygens (including phenoxy) is 1. The van der Waals surface area contributed by atoms with Crippen LogP contribution in [0, 0.1) is 0 Å². The first kappa shape index (κ1) is 21.3. The van der Waals surface area contributed by atoms with Gasteiger partial charge in [0.1, 0.15) is 11.5 Å². The molecule has 31 heavy (non-hydrogen) atoms. The van der Waals surface area contributed by atoms with E-state index in [1.165, 1.54) is 0 Å². The zero-order valence-corrected chi connectivity index (χ0v) is 19.1. The normalized spacial score (nSPS) is 18.1. The highest BCUT2D eigenvalue weighted by Gasteiger charge is 2.39. The van der Waals surface area contributed by atoms with Crippen molar-refractivity contribution < 1.29 is 9.84 Å². The van der Waals surface area contributed by atoms with E-state index in [9.17, 15) is 5.11 Å². The molecule has 0 unspecified atom stereocenters. The highest BCUT2D eigenvalue weighted by Crippen LogP contribution is 2.36. The number of hydrogen-bond donors (Lipinski definition) is 2. The van der Waals surface area contributed by atoms with Gasteiger partial charge in [0.25, 0.3) is 0 Å². The van der Waals surface area contributed by atoms with Crippen LogP contribution >= 0.6 is 0 Å². The number of aromatic hydroxyl groups is 1. The SMILES string of the molecule is COc1ccnc2cc(-c3ccc(N(C)C4CC(C)(C)NC(C)(C)C4)nn3)c(O)cc12. The van der Waals surface area contributed by atoms with E-state index >= 15 is 0 Å². The zero-order valence-electron chi connectivity index (χ0n) is 19.1. The Balaban J connectivity index is 1.62. The first-order valence-corrected chi connectivity index (χ1v) is 10.6. The summed E-state index contributed by atoms with van der Waals surface area (Å²) in [5, 5.41) is 24.0. The summed E-state index contributed by atoms with van der Waals surface area (Å²) in [5.74, 6) is 1.61. The van der Waals surface area contributed by atoms with E-state index in [1.807, 2.05) is 18.2 Å². The summed E-state index contributed by atoms with van der Waals surface area (Å²) in [6, 6.07) is 9.48. The summed E-state index contributed by atoms with van der Waals surface area (Å²) in [7, 11) is 3.68. The molecule has 0 saturated carbocycles. The number of benzene rings is 1. The number of piperidine rings is 1. The Morgan fingerprint density at radius 2 is 1.77 bits per heavy atom. The predicted molar refractivity (Wildman–Crippen MR) is 124 cm³/mol. The van der Waals surface area contributed by atoms with E-state index in [0.29, 0.717) is 23.0 Å². The lowest BCUT2D eigenvalue weighted by Crippen LogP contribution is -2.62. The Bertz CT molecular complexity index is 1080. The molecule has 3 heterocycles. The second-order valence-electron chi connectivity index (χ2n) is 9.74. The summed E-state index contributed by atoms with van der Waals surface area (Å²) >= 11 is 0. The topological polar surface area (TPSA) is 83.4 Å². The largest absolute Gasteiger partial charge is 0.507 e. The molecule has 0 spiro atoms. The maximum absolute atomic E-state index is 10.6. The number of nitrogens with one attached hydrogen (secondary N) is 1. The van der Waals surface area contributed by atoms with Gasteiger partial charge in [0.05, 0.1) is 18.3 Å². The highest BCUT2D eigenvalue weighted by atomic mass is 16.5. The average molecular weight is 422 g/mol. The average Bonchev–Trinajstić information content (AvgIpc) is 2.70. The van der Waals surface area contributed by atoms with Crippen LogP contribution in [-0.4, -0.2) is 51.6 Å². The predicted octanol–water partition coefficient (Wildman–Crippen LogP) is 4.15. The van der Waals surface area contributed by atoms with Gasteiger partial charge in [-0.1, -0.05) is 0 Å².